The monoisotopic (exact) mass is 292 g/mol. The molecule has 0 radical (unpaired) electrons. The maximum absolute atomic E-state index is 10.8. The molecule has 0 spiro atoms. The first-order valence-electron chi connectivity index (χ1n) is 3.36. The molecular weight excluding hydrogens is 290 g/mol. The minimum atomic E-state index is -3.69. The number of halogens is 4. The second-order valence-electron chi connectivity index (χ2n) is 2.50. The van der Waals surface area contributed by atoms with Crippen LogP contribution in [0.4, 0.5) is 0 Å². The lowest BCUT2D eigenvalue weighted by molar-refractivity contribution is 0.609. The van der Waals surface area contributed by atoms with Gasteiger partial charge < -0.3 is 0 Å². The van der Waals surface area contributed by atoms with E-state index >= 15 is 0 Å². The molecule has 0 N–H and O–H groups in total. The first kappa shape index (κ1) is 12.4. The molecule has 0 saturated heterocycles. The minimum absolute atomic E-state index is 0.114. The maximum atomic E-state index is 10.8. The largest absolute Gasteiger partial charge is 0.236 e. The summed E-state index contributed by atoms with van der Waals surface area (Å²) in [5.41, 5.74) is 0.218. The Bertz CT molecular complexity index is 455. The van der Waals surface area contributed by atoms with Gasteiger partial charge in [-0.1, -0.05) is 34.8 Å². The third-order valence-corrected chi connectivity index (χ3v) is 3.61. The Morgan fingerprint density at radius 1 is 1.07 bits per heavy atom. The first-order chi connectivity index (χ1) is 6.31. The molecule has 0 fully saturated rings. The summed E-state index contributed by atoms with van der Waals surface area (Å²) >= 11 is 17.2. The Morgan fingerprint density at radius 2 is 1.57 bits per heavy atom. The van der Waals surface area contributed by atoms with Gasteiger partial charge in [-0.2, -0.15) is 0 Å². The fraction of sp³-hybridized carbons (Fsp3) is 0.143. The van der Waals surface area contributed by atoms with E-state index in [1.54, 1.807) is 0 Å². The van der Waals surface area contributed by atoms with E-state index in [0.717, 1.165) is 0 Å². The lowest BCUT2D eigenvalue weighted by Gasteiger charge is -2.05. The van der Waals surface area contributed by atoms with Crippen LogP contribution in [0.3, 0.4) is 0 Å². The van der Waals surface area contributed by atoms with Crippen molar-refractivity contribution in [1.82, 2.24) is 0 Å². The SMILES string of the molecule is O=S(=O)(Cl)Cc1c(Cl)ccc(Cl)c1Cl. The summed E-state index contributed by atoms with van der Waals surface area (Å²) in [6.07, 6.45) is 0. The molecule has 1 aromatic carbocycles. The fourth-order valence-corrected chi connectivity index (χ4v) is 2.69. The molecule has 0 aliphatic heterocycles. The fourth-order valence-electron chi connectivity index (χ4n) is 0.874. The van der Waals surface area contributed by atoms with Crippen molar-refractivity contribution in [3.63, 3.8) is 0 Å². The number of rotatable bonds is 2. The molecule has 0 aliphatic rings. The second-order valence-corrected chi connectivity index (χ2v) is 6.47. The average molecular weight is 294 g/mol. The molecule has 14 heavy (non-hydrogen) atoms. The Labute approximate surface area is 101 Å². The van der Waals surface area contributed by atoms with Crippen molar-refractivity contribution < 1.29 is 8.42 Å². The van der Waals surface area contributed by atoms with Gasteiger partial charge in [0, 0.05) is 21.3 Å². The summed E-state index contributed by atoms with van der Waals surface area (Å²) in [4.78, 5) is 0. The van der Waals surface area contributed by atoms with Gasteiger partial charge in [-0.15, -0.1) is 0 Å². The van der Waals surface area contributed by atoms with Crippen molar-refractivity contribution in [1.29, 1.82) is 0 Å². The summed E-state index contributed by atoms with van der Waals surface area (Å²) in [5, 5.41) is 0.582. The molecule has 0 aliphatic carbocycles. The molecule has 0 bridgehead atoms. The average Bonchev–Trinajstić information content (AvgIpc) is 2.04. The highest BCUT2D eigenvalue weighted by Crippen LogP contribution is 2.33. The van der Waals surface area contributed by atoms with Crippen molar-refractivity contribution in [3.05, 3.63) is 32.8 Å². The molecular formula is C7H4Cl4O2S. The van der Waals surface area contributed by atoms with Crippen molar-refractivity contribution in [2.24, 2.45) is 0 Å². The van der Waals surface area contributed by atoms with Gasteiger partial charge in [0.15, 0.2) is 0 Å². The number of benzene rings is 1. The van der Waals surface area contributed by atoms with Crippen molar-refractivity contribution >= 4 is 54.5 Å². The third-order valence-electron chi connectivity index (χ3n) is 1.46. The maximum Gasteiger partial charge on any atom is 0.236 e. The molecule has 0 amide bonds. The first-order valence-corrected chi connectivity index (χ1v) is 6.97. The van der Waals surface area contributed by atoms with Gasteiger partial charge in [-0.05, 0) is 12.1 Å². The zero-order valence-electron chi connectivity index (χ0n) is 6.60. The topological polar surface area (TPSA) is 34.1 Å². The van der Waals surface area contributed by atoms with Gasteiger partial charge in [-0.25, -0.2) is 8.42 Å². The Kier molecular flexibility index (Phi) is 3.95. The smallest absolute Gasteiger partial charge is 0.212 e. The van der Waals surface area contributed by atoms with Crippen LogP contribution in [-0.4, -0.2) is 8.42 Å². The van der Waals surface area contributed by atoms with Gasteiger partial charge in [0.25, 0.3) is 0 Å². The highest BCUT2D eigenvalue weighted by molar-refractivity contribution is 8.13. The summed E-state index contributed by atoms with van der Waals surface area (Å²) in [6.45, 7) is 0. The van der Waals surface area contributed by atoms with Crippen LogP contribution in [0.15, 0.2) is 12.1 Å². The highest BCUT2D eigenvalue weighted by Gasteiger charge is 2.15. The van der Waals surface area contributed by atoms with Crippen molar-refractivity contribution in [2.45, 2.75) is 5.75 Å². The van der Waals surface area contributed by atoms with E-state index < -0.39 is 14.8 Å². The number of hydrogen-bond donors (Lipinski definition) is 0. The zero-order chi connectivity index (χ0) is 10.9. The molecule has 0 aromatic heterocycles. The van der Waals surface area contributed by atoms with Crippen LogP contribution in [0, 0.1) is 0 Å². The van der Waals surface area contributed by atoms with Gasteiger partial charge in [0.2, 0.25) is 9.05 Å². The van der Waals surface area contributed by atoms with Crippen LogP contribution >= 0.6 is 45.5 Å². The Morgan fingerprint density at radius 3 is 2.07 bits per heavy atom. The molecule has 1 rings (SSSR count). The second kappa shape index (κ2) is 4.45. The zero-order valence-corrected chi connectivity index (χ0v) is 10.4. The predicted molar refractivity (Wildman–Crippen MR) is 59.9 cm³/mol. The third kappa shape index (κ3) is 3.17. The van der Waals surface area contributed by atoms with Crippen molar-refractivity contribution in [3.8, 4) is 0 Å². The van der Waals surface area contributed by atoms with E-state index in [9.17, 15) is 8.42 Å². The molecule has 7 heteroatoms. The Balaban J connectivity index is 3.27. The lowest BCUT2D eigenvalue weighted by atomic mass is 10.2. The van der Waals surface area contributed by atoms with Crippen LogP contribution in [0.1, 0.15) is 5.56 Å². The van der Waals surface area contributed by atoms with Gasteiger partial charge >= 0.3 is 0 Å². The normalized spacial score (nSPS) is 11.7. The molecule has 0 heterocycles. The Hall–Kier alpha value is 0.330. The minimum Gasteiger partial charge on any atom is -0.212 e. The standard InChI is InChI=1S/C7H4Cl4O2S/c8-5-1-2-6(9)7(10)4(5)3-14(11,12)13/h1-2H,3H2. The summed E-state index contributed by atoms with van der Waals surface area (Å²) in [7, 11) is 1.38. The van der Waals surface area contributed by atoms with E-state index in [0.29, 0.717) is 0 Å². The molecule has 0 unspecified atom stereocenters. The molecule has 1 aromatic rings. The van der Waals surface area contributed by atoms with E-state index in [1.807, 2.05) is 0 Å². The summed E-state index contributed by atoms with van der Waals surface area (Å²) < 4.78 is 21.6. The summed E-state index contributed by atoms with van der Waals surface area (Å²) in [5.74, 6) is -0.438. The molecule has 0 atom stereocenters. The molecule has 0 saturated carbocycles. The van der Waals surface area contributed by atoms with E-state index in [4.69, 9.17) is 45.5 Å². The number of hydrogen-bond acceptors (Lipinski definition) is 2. The van der Waals surface area contributed by atoms with Crippen LogP contribution in [0.5, 0.6) is 0 Å². The van der Waals surface area contributed by atoms with Crippen LogP contribution in [0.2, 0.25) is 15.1 Å². The molecule has 2 nitrogen and oxygen atoms in total. The van der Waals surface area contributed by atoms with Gasteiger partial charge in [0.1, 0.15) is 0 Å². The lowest BCUT2D eigenvalue weighted by Crippen LogP contribution is -1.97. The summed E-state index contributed by atoms with van der Waals surface area (Å²) in [6, 6.07) is 2.95. The van der Waals surface area contributed by atoms with E-state index in [1.165, 1.54) is 12.1 Å². The predicted octanol–water partition coefficient (Wildman–Crippen LogP) is 3.72. The highest BCUT2D eigenvalue weighted by atomic mass is 35.7. The van der Waals surface area contributed by atoms with E-state index in [-0.39, 0.29) is 20.6 Å². The van der Waals surface area contributed by atoms with Crippen LogP contribution < -0.4 is 0 Å². The quantitative estimate of drug-likeness (QED) is 0.615. The van der Waals surface area contributed by atoms with E-state index in [2.05, 4.69) is 0 Å². The van der Waals surface area contributed by atoms with Crippen LogP contribution in [-0.2, 0) is 14.8 Å². The van der Waals surface area contributed by atoms with Gasteiger partial charge in [0.05, 0.1) is 15.8 Å². The van der Waals surface area contributed by atoms with Crippen LogP contribution in [0.25, 0.3) is 0 Å². The molecule has 78 valence electrons. The van der Waals surface area contributed by atoms with Gasteiger partial charge in [-0.3, -0.25) is 0 Å². The van der Waals surface area contributed by atoms with Crippen molar-refractivity contribution in [2.75, 3.05) is 0 Å².